The lowest BCUT2D eigenvalue weighted by Gasteiger charge is -2.20. The zero-order chi connectivity index (χ0) is 13.5. The molecule has 0 saturated heterocycles. The number of rotatable bonds is 8. The summed E-state index contributed by atoms with van der Waals surface area (Å²) in [6, 6.07) is 9.06. The molecule has 0 aromatic heterocycles. The van der Waals surface area contributed by atoms with Crippen LogP contribution in [0.1, 0.15) is 56.2 Å². The topological polar surface area (TPSA) is 21.3 Å². The van der Waals surface area contributed by atoms with Gasteiger partial charge in [0.1, 0.15) is 0 Å². The van der Waals surface area contributed by atoms with E-state index in [4.69, 9.17) is 4.74 Å². The van der Waals surface area contributed by atoms with Crippen LogP contribution in [0, 0.1) is 0 Å². The van der Waals surface area contributed by atoms with Gasteiger partial charge >= 0.3 is 0 Å². The first kappa shape index (κ1) is 14.5. The number of hydrogen-bond acceptors (Lipinski definition) is 2. The van der Waals surface area contributed by atoms with Gasteiger partial charge in [-0.15, -0.1) is 0 Å². The Kier molecular flexibility index (Phi) is 5.87. The molecule has 0 bridgehead atoms. The molecule has 0 fully saturated rings. The number of fused-ring (bicyclic) bond motifs is 1. The average Bonchev–Trinajstić information content (AvgIpc) is 2.80. The molecule has 0 radical (unpaired) electrons. The van der Waals surface area contributed by atoms with Crippen molar-refractivity contribution in [2.45, 2.75) is 57.6 Å². The lowest BCUT2D eigenvalue weighted by atomic mass is 10.1. The van der Waals surface area contributed by atoms with Gasteiger partial charge in [-0.2, -0.15) is 0 Å². The summed E-state index contributed by atoms with van der Waals surface area (Å²) in [6.07, 6.45) is 7.88. The van der Waals surface area contributed by atoms with Gasteiger partial charge in [-0.3, -0.25) is 0 Å². The molecule has 2 atom stereocenters. The number of unbranched alkanes of at least 4 members (excludes halogenated alkanes) is 4. The summed E-state index contributed by atoms with van der Waals surface area (Å²) in [7, 11) is 2.03. The van der Waals surface area contributed by atoms with Crippen LogP contribution in [0.25, 0.3) is 0 Å². The largest absolute Gasteiger partial charge is 0.376 e. The molecule has 1 aromatic carbocycles. The van der Waals surface area contributed by atoms with Gasteiger partial charge in [0.05, 0.1) is 12.1 Å². The first-order chi connectivity index (χ1) is 9.36. The van der Waals surface area contributed by atoms with Gasteiger partial charge in [0.2, 0.25) is 0 Å². The van der Waals surface area contributed by atoms with Crippen LogP contribution in [0.15, 0.2) is 24.3 Å². The summed E-state index contributed by atoms with van der Waals surface area (Å²) < 4.78 is 6.11. The molecular formula is C17H27NO. The molecule has 2 rings (SSSR count). The Morgan fingerprint density at radius 1 is 1.16 bits per heavy atom. The van der Waals surface area contributed by atoms with E-state index >= 15 is 0 Å². The molecule has 0 amide bonds. The third-order valence-corrected chi connectivity index (χ3v) is 4.07. The molecule has 1 aromatic rings. The highest BCUT2D eigenvalue weighted by Gasteiger charge is 2.31. The lowest BCUT2D eigenvalue weighted by molar-refractivity contribution is 0.0341. The fraction of sp³-hybridized carbons (Fsp3) is 0.647. The van der Waals surface area contributed by atoms with E-state index in [9.17, 15) is 0 Å². The van der Waals surface area contributed by atoms with E-state index < -0.39 is 0 Å². The lowest BCUT2D eigenvalue weighted by Crippen LogP contribution is -2.28. The van der Waals surface area contributed by atoms with Crippen LogP contribution >= 0.6 is 0 Å². The van der Waals surface area contributed by atoms with Crippen LogP contribution in [0.2, 0.25) is 0 Å². The third-order valence-electron chi connectivity index (χ3n) is 4.07. The Balaban J connectivity index is 1.76. The predicted molar refractivity (Wildman–Crippen MR) is 80.4 cm³/mol. The van der Waals surface area contributed by atoms with Crippen molar-refractivity contribution in [3.8, 4) is 0 Å². The Morgan fingerprint density at radius 2 is 1.95 bits per heavy atom. The molecule has 1 N–H and O–H groups in total. The molecule has 0 saturated carbocycles. The standard InChI is InChI=1S/C17H27NO/c1-3-4-5-6-9-12-19-16-13-14-10-7-8-11-15(14)17(16)18-2/h7-8,10-11,16-18H,3-6,9,12-13H2,1-2H3. The highest BCUT2D eigenvalue weighted by atomic mass is 16.5. The van der Waals surface area contributed by atoms with Gasteiger partial charge in [0.15, 0.2) is 0 Å². The second kappa shape index (κ2) is 7.66. The summed E-state index contributed by atoms with van der Waals surface area (Å²) >= 11 is 0. The van der Waals surface area contributed by atoms with E-state index in [1.807, 2.05) is 7.05 Å². The molecule has 2 unspecified atom stereocenters. The number of ether oxygens (including phenoxy) is 1. The van der Waals surface area contributed by atoms with Crippen molar-refractivity contribution in [1.29, 1.82) is 0 Å². The quantitative estimate of drug-likeness (QED) is 0.717. The molecule has 1 aliphatic rings. The summed E-state index contributed by atoms with van der Waals surface area (Å²) in [5, 5.41) is 3.41. The smallest absolute Gasteiger partial charge is 0.0810 e. The Bertz CT molecular complexity index is 377. The molecule has 0 heterocycles. The molecule has 1 aliphatic carbocycles. The van der Waals surface area contributed by atoms with Gasteiger partial charge in [-0.05, 0) is 24.6 Å². The number of benzene rings is 1. The summed E-state index contributed by atoms with van der Waals surface area (Å²) in [4.78, 5) is 0. The minimum absolute atomic E-state index is 0.313. The number of nitrogens with one attached hydrogen (secondary N) is 1. The first-order valence-electron chi connectivity index (χ1n) is 7.73. The van der Waals surface area contributed by atoms with Gasteiger partial charge in [0.25, 0.3) is 0 Å². The summed E-state index contributed by atoms with van der Waals surface area (Å²) in [5.74, 6) is 0. The minimum Gasteiger partial charge on any atom is -0.376 e. The Morgan fingerprint density at radius 3 is 2.74 bits per heavy atom. The maximum absolute atomic E-state index is 6.11. The highest BCUT2D eigenvalue weighted by Crippen LogP contribution is 2.32. The van der Waals surface area contributed by atoms with Crippen molar-refractivity contribution in [3.63, 3.8) is 0 Å². The van der Waals surface area contributed by atoms with E-state index in [1.165, 1.54) is 43.2 Å². The van der Waals surface area contributed by atoms with Gasteiger partial charge < -0.3 is 10.1 Å². The van der Waals surface area contributed by atoms with Crippen molar-refractivity contribution < 1.29 is 4.74 Å². The summed E-state index contributed by atoms with van der Waals surface area (Å²) in [6.45, 7) is 3.16. The second-order valence-electron chi connectivity index (χ2n) is 5.49. The Labute approximate surface area is 117 Å². The predicted octanol–water partition coefficient (Wildman–Crippen LogP) is 3.86. The van der Waals surface area contributed by atoms with Crippen molar-refractivity contribution in [2.75, 3.05) is 13.7 Å². The fourth-order valence-electron chi connectivity index (χ4n) is 3.00. The average molecular weight is 261 g/mol. The molecule has 0 aliphatic heterocycles. The molecule has 19 heavy (non-hydrogen) atoms. The molecular weight excluding hydrogens is 234 g/mol. The van der Waals surface area contributed by atoms with E-state index in [-0.39, 0.29) is 0 Å². The maximum Gasteiger partial charge on any atom is 0.0810 e. The van der Waals surface area contributed by atoms with Crippen LogP contribution in [0.4, 0.5) is 0 Å². The van der Waals surface area contributed by atoms with E-state index in [1.54, 1.807) is 0 Å². The number of likely N-dealkylation sites (N-methyl/N-ethyl adjacent to an activating group) is 1. The van der Waals surface area contributed by atoms with Crippen molar-refractivity contribution in [1.82, 2.24) is 5.32 Å². The van der Waals surface area contributed by atoms with Crippen LogP contribution < -0.4 is 5.32 Å². The van der Waals surface area contributed by atoms with Crippen molar-refractivity contribution in [2.24, 2.45) is 0 Å². The van der Waals surface area contributed by atoms with E-state index in [0.717, 1.165) is 13.0 Å². The molecule has 2 heteroatoms. The number of hydrogen-bond donors (Lipinski definition) is 1. The van der Waals surface area contributed by atoms with Crippen LogP contribution in [-0.2, 0) is 11.2 Å². The third kappa shape index (κ3) is 3.80. The second-order valence-corrected chi connectivity index (χ2v) is 5.49. The normalized spacial score (nSPS) is 21.6. The van der Waals surface area contributed by atoms with Crippen molar-refractivity contribution >= 4 is 0 Å². The highest BCUT2D eigenvalue weighted by molar-refractivity contribution is 5.36. The summed E-state index contributed by atoms with van der Waals surface area (Å²) in [5.41, 5.74) is 2.86. The van der Waals surface area contributed by atoms with Crippen LogP contribution in [-0.4, -0.2) is 19.8 Å². The zero-order valence-electron chi connectivity index (χ0n) is 12.3. The maximum atomic E-state index is 6.11. The van der Waals surface area contributed by atoms with Gasteiger partial charge in [0, 0.05) is 13.0 Å². The molecule has 0 spiro atoms. The van der Waals surface area contributed by atoms with Crippen LogP contribution in [0.3, 0.4) is 0 Å². The van der Waals surface area contributed by atoms with Gasteiger partial charge in [-0.25, -0.2) is 0 Å². The molecule has 2 nitrogen and oxygen atoms in total. The molecule has 106 valence electrons. The van der Waals surface area contributed by atoms with E-state index in [2.05, 4.69) is 36.5 Å². The van der Waals surface area contributed by atoms with Crippen LogP contribution in [0.5, 0.6) is 0 Å². The zero-order valence-corrected chi connectivity index (χ0v) is 12.3. The van der Waals surface area contributed by atoms with Crippen molar-refractivity contribution in [3.05, 3.63) is 35.4 Å². The van der Waals surface area contributed by atoms with Gasteiger partial charge in [-0.1, -0.05) is 56.9 Å². The monoisotopic (exact) mass is 261 g/mol. The minimum atomic E-state index is 0.313. The van der Waals surface area contributed by atoms with E-state index in [0.29, 0.717) is 12.1 Å². The Hall–Kier alpha value is -0.860. The first-order valence-corrected chi connectivity index (χ1v) is 7.73. The fourth-order valence-corrected chi connectivity index (χ4v) is 3.00. The SMILES string of the molecule is CCCCCCCOC1Cc2ccccc2C1NC.